The molecule has 1 aromatic rings. The minimum Gasteiger partial charge on any atom is -0.480 e. The molecule has 0 aliphatic heterocycles. The Hall–Kier alpha value is -1.78. The Morgan fingerprint density at radius 2 is 1.95 bits per heavy atom. The van der Waals surface area contributed by atoms with Crippen molar-refractivity contribution in [2.75, 3.05) is 6.54 Å². The van der Waals surface area contributed by atoms with E-state index in [0.29, 0.717) is 12.2 Å². The Bertz CT molecular complexity index is 452. The summed E-state index contributed by atoms with van der Waals surface area (Å²) in [6, 6.07) is 3.32. The van der Waals surface area contributed by atoms with Crippen LogP contribution in [0.5, 0.6) is 0 Å². The van der Waals surface area contributed by atoms with Crippen LogP contribution >= 0.6 is 0 Å². The van der Waals surface area contributed by atoms with Gasteiger partial charge in [-0.2, -0.15) is 0 Å². The van der Waals surface area contributed by atoms with Gasteiger partial charge in [0.1, 0.15) is 12.2 Å². The Labute approximate surface area is 126 Å². The fourth-order valence-electron chi connectivity index (χ4n) is 2.23. The number of hydrogen-bond acceptors (Lipinski definition) is 2. The van der Waals surface area contributed by atoms with Crippen molar-refractivity contribution in [2.45, 2.75) is 52.5 Å². The molecule has 0 unspecified atom stereocenters. The van der Waals surface area contributed by atoms with E-state index in [-0.39, 0.29) is 12.5 Å². The third-order valence-electron chi connectivity index (χ3n) is 3.36. The molecule has 0 saturated carbocycles. The third kappa shape index (κ3) is 6.97. The molecule has 0 atom stereocenters. The lowest BCUT2D eigenvalue weighted by Crippen LogP contribution is -2.27. The molecule has 1 aromatic heterocycles. The summed E-state index contributed by atoms with van der Waals surface area (Å²) in [5.41, 5.74) is 0.400. The molecule has 118 valence electrons. The first kappa shape index (κ1) is 17.3. The van der Waals surface area contributed by atoms with Gasteiger partial charge in [0.05, 0.1) is 0 Å². The Morgan fingerprint density at radius 3 is 2.62 bits per heavy atom. The van der Waals surface area contributed by atoms with Crippen LogP contribution in [-0.2, 0) is 11.3 Å². The second-order valence-corrected chi connectivity index (χ2v) is 5.77. The standard InChI is InChI=1S/C16H26N2O3/c1-13(2)8-5-3-4-6-10-17-16(21)14-9-7-11-18(14)12-15(19)20/h7,9,11,13H,3-6,8,10,12H2,1-2H3,(H,17,21)(H,19,20). The number of nitrogens with one attached hydrogen (secondary N) is 1. The van der Waals surface area contributed by atoms with Crippen molar-refractivity contribution in [1.29, 1.82) is 0 Å². The van der Waals surface area contributed by atoms with E-state index in [1.165, 1.54) is 23.8 Å². The minimum atomic E-state index is -0.953. The highest BCUT2D eigenvalue weighted by molar-refractivity contribution is 5.93. The van der Waals surface area contributed by atoms with E-state index >= 15 is 0 Å². The van der Waals surface area contributed by atoms with E-state index in [0.717, 1.165) is 18.8 Å². The van der Waals surface area contributed by atoms with Crippen molar-refractivity contribution in [2.24, 2.45) is 5.92 Å². The number of carboxylic acids is 1. The van der Waals surface area contributed by atoms with Crippen LogP contribution in [0.3, 0.4) is 0 Å². The summed E-state index contributed by atoms with van der Waals surface area (Å²) < 4.78 is 1.44. The summed E-state index contributed by atoms with van der Waals surface area (Å²) in [6.07, 6.45) is 7.38. The maximum absolute atomic E-state index is 12.0. The maximum Gasteiger partial charge on any atom is 0.323 e. The van der Waals surface area contributed by atoms with Gasteiger partial charge >= 0.3 is 5.97 Å². The van der Waals surface area contributed by atoms with Crippen molar-refractivity contribution in [3.05, 3.63) is 24.0 Å². The normalized spacial score (nSPS) is 10.8. The molecule has 0 aromatic carbocycles. The molecule has 0 saturated heterocycles. The predicted octanol–water partition coefficient (Wildman–Crippen LogP) is 2.91. The van der Waals surface area contributed by atoms with Crippen LogP contribution in [0, 0.1) is 5.92 Å². The average molecular weight is 294 g/mol. The summed E-state index contributed by atoms with van der Waals surface area (Å²) >= 11 is 0. The molecular weight excluding hydrogens is 268 g/mol. The maximum atomic E-state index is 12.0. The molecule has 0 aliphatic rings. The third-order valence-corrected chi connectivity index (χ3v) is 3.36. The van der Waals surface area contributed by atoms with Gasteiger partial charge in [-0.25, -0.2) is 0 Å². The smallest absolute Gasteiger partial charge is 0.323 e. The summed E-state index contributed by atoms with van der Waals surface area (Å²) in [6.45, 7) is 4.91. The SMILES string of the molecule is CC(C)CCCCCCNC(=O)c1cccn1CC(=O)O. The zero-order valence-electron chi connectivity index (χ0n) is 13.0. The van der Waals surface area contributed by atoms with Crippen molar-refractivity contribution in [1.82, 2.24) is 9.88 Å². The first-order chi connectivity index (χ1) is 10.0. The number of hydrogen-bond donors (Lipinski definition) is 2. The molecule has 5 heteroatoms. The number of aromatic nitrogens is 1. The molecular formula is C16H26N2O3. The molecule has 1 rings (SSSR count). The lowest BCUT2D eigenvalue weighted by atomic mass is 10.0. The number of carboxylic acid groups (broad SMARTS) is 1. The van der Waals surface area contributed by atoms with Crippen LogP contribution in [0.4, 0.5) is 0 Å². The van der Waals surface area contributed by atoms with Crippen LogP contribution < -0.4 is 5.32 Å². The second-order valence-electron chi connectivity index (χ2n) is 5.77. The summed E-state index contributed by atoms with van der Waals surface area (Å²) in [7, 11) is 0. The lowest BCUT2D eigenvalue weighted by Gasteiger charge is -2.08. The van der Waals surface area contributed by atoms with Gasteiger partial charge in [-0.05, 0) is 24.5 Å². The van der Waals surface area contributed by atoms with Crippen molar-refractivity contribution < 1.29 is 14.7 Å². The topological polar surface area (TPSA) is 71.3 Å². The Balaban J connectivity index is 2.22. The molecule has 21 heavy (non-hydrogen) atoms. The van der Waals surface area contributed by atoms with Crippen LogP contribution in [0.1, 0.15) is 56.4 Å². The highest BCUT2D eigenvalue weighted by Crippen LogP contribution is 2.09. The zero-order chi connectivity index (χ0) is 15.7. The van der Waals surface area contributed by atoms with Gasteiger partial charge in [0.2, 0.25) is 0 Å². The molecule has 1 heterocycles. The molecule has 0 spiro atoms. The molecule has 1 amide bonds. The lowest BCUT2D eigenvalue weighted by molar-refractivity contribution is -0.137. The van der Waals surface area contributed by atoms with E-state index in [4.69, 9.17) is 5.11 Å². The molecule has 0 fully saturated rings. The zero-order valence-corrected chi connectivity index (χ0v) is 13.0. The fraction of sp³-hybridized carbons (Fsp3) is 0.625. The van der Waals surface area contributed by atoms with Gasteiger partial charge in [0.15, 0.2) is 0 Å². The number of nitrogens with zero attached hydrogens (tertiary/aromatic N) is 1. The molecule has 0 bridgehead atoms. The predicted molar refractivity (Wildman–Crippen MR) is 82.3 cm³/mol. The highest BCUT2D eigenvalue weighted by Gasteiger charge is 2.11. The van der Waals surface area contributed by atoms with E-state index in [2.05, 4.69) is 19.2 Å². The summed E-state index contributed by atoms with van der Waals surface area (Å²) in [4.78, 5) is 22.7. The van der Waals surface area contributed by atoms with Crippen molar-refractivity contribution in [3.8, 4) is 0 Å². The first-order valence-corrected chi connectivity index (χ1v) is 7.66. The summed E-state index contributed by atoms with van der Waals surface area (Å²) in [5, 5.41) is 11.6. The van der Waals surface area contributed by atoms with Crippen LogP contribution in [0.25, 0.3) is 0 Å². The number of carbonyl (C=O) groups excluding carboxylic acids is 1. The van der Waals surface area contributed by atoms with Crippen LogP contribution in [0.2, 0.25) is 0 Å². The van der Waals surface area contributed by atoms with Crippen LogP contribution in [0.15, 0.2) is 18.3 Å². The van der Waals surface area contributed by atoms with Crippen molar-refractivity contribution >= 4 is 11.9 Å². The minimum absolute atomic E-state index is 0.190. The van der Waals surface area contributed by atoms with E-state index in [1.807, 2.05) is 0 Å². The molecule has 5 nitrogen and oxygen atoms in total. The highest BCUT2D eigenvalue weighted by atomic mass is 16.4. The molecule has 0 radical (unpaired) electrons. The average Bonchev–Trinajstić information content (AvgIpc) is 2.84. The fourth-order valence-corrected chi connectivity index (χ4v) is 2.23. The monoisotopic (exact) mass is 294 g/mol. The van der Waals surface area contributed by atoms with Crippen molar-refractivity contribution in [3.63, 3.8) is 0 Å². The van der Waals surface area contributed by atoms with Gasteiger partial charge < -0.3 is 15.0 Å². The molecule has 2 N–H and O–H groups in total. The summed E-state index contributed by atoms with van der Waals surface area (Å²) in [5.74, 6) is -0.402. The quantitative estimate of drug-likeness (QED) is 0.652. The second kappa shape index (κ2) is 9.21. The Kier molecular flexibility index (Phi) is 7.58. The molecule has 0 aliphatic carbocycles. The van der Waals surface area contributed by atoms with Gasteiger partial charge in [-0.1, -0.05) is 39.5 Å². The van der Waals surface area contributed by atoms with Gasteiger partial charge in [0.25, 0.3) is 5.91 Å². The number of aliphatic carboxylic acids is 1. The Morgan fingerprint density at radius 1 is 1.24 bits per heavy atom. The first-order valence-electron chi connectivity index (χ1n) is 7.66. The number of rotatable bonds is 10. The van der Waals surface area contributed by atoms with Gasteiger partial charge in [-0.3, -0.25) is 9.59 Å². The number of amides is 1. The number of unbranched alkanes of at least 4 members (excludes halogenated alkanes) is 3. The van der Waals surface area contributed by atoms with E-state index in [9.17, 15) is 9.59 Å². The number of carbonyl (C=O) groups is 2. The van der Waals surface area contributed by atoms with Gasteiger partial charge in [-0.15, -0.1) is 0 Å². The van der Waals surface area contributed by atoms with Crippen LogP contribution in [-0.4, -0.2) is 28.1 Å². The van der Waals surface area contributed by atoms with Gasteiger partial charge in [0, 0.05) is 12.7 Å². The largest absolute Gasteiger partial charge is 0.480 e. The van der Waals surface area contributed by atoms with E-state index in [1.54, 1.807) is 18.3 Å². The van der Waals surface area contributed by atoms with E-state index < -0.39 is 5.97 Å².